The van der Waals surface area contributed by atoms with E-state index < -0.39 is 17.6 Å². The summed E-state index contributed by atoms with van der Waals surface area (Å²) in [5.41, 5.74) is 0.649. The van der Waals surface area contributed by atoms with Crippen LogP contribution < -0.4 is 5.32 Å². The lowest BCUT2D eigenvalue weighted by Crippen LogP contribution is -2.23. The smallest absolute Gasteiger partial charge is 0.341 e. The van der Waals surface area contributed by atoms with Crippen molar-refractivity contribution >= 4 is 23.2 Å². The molecular weight excluding hydrogens is 408 g/mol. The lowest BCUT2D eigenvalue weighted by Gasteiger charge is -2.11. The summed E-state index contributed by atoms with van der Waals surface area (Å²) in [6, 6.07) is 12.5. The summed E-state index contributed by atoms with van der Waals surface area (Å²) in [7, 11) is 1.16. The van der Waals surface area contributed by atoms with Crippen LogP contribution in [0.1, 0.15) is 33.6 Å². The van der Waals surface area contributed by atoms with Crippen molar-refractivity contribution in [2.24, 2.45) is 0 Å². The van der Waals surface area contributed by atoms with E-state index in [4.69, 9.17) is 0 Å². The van der Waals surface area contributed by atoms with E-state index >= 15 is 0 Å². The highest BCUT2D eigenvalue weighted by molar-refractivity contribution is 7.09. The molecule has 0 spiro atoms. The molecule has 1 aromatic heterocycles. The number of esters is 1. The highest BCUT2D eigenvalue weighted by Crippen LogP contribution is 2.28. The number of carbonyl (C=O) groups excluding carboxylic acids is 2. The van der Waals surface area contributed by atoms with Crippen molar-refractivity contribution < 1.29 is 23.1 Å². The number of rotatable bonds is 8. The van der Waals surface area contributed by atoms with Crippen LogP contribution in [-0.2, 0) is 22.5 Å². The van der Waals surface area contributed by atoms with Gasteiger partial charge < -0.3 is 10.1 Å². The first-order chi connectivity index (χ1) is 14.5. The summed E-state index contributed by atoms with van der Waals surface area (Å²) < 4.78 is 33.3. The number of benzene rings is 2. The molecule has 4 nitrogen and oxygen atoms in total. The topological polar surface area (TPSA) is 55.4 Å². The minimum atomic E-state index is -0.831. The van der Waals surface area contributed by atoms with Crippen LogP contribution >= 0.6 is 11.3 Å². The Morgan fingerprint density at radius 2 is 1.90 bits per heavy atom. The molecule has 0 unspecified atom stereocenters. The lowest BCUT2D eigenvalue weighted by atomic mass is 9.98. The van der Waals surface area contributed by atoms with Gasteiger partial charge in [-0.1, -0.05) is 30.3 Å². The quantitative estimate of drug-likeness (QED) is 0.506. The van der Waals surface area contributed by atoms with E-state index in [-0.39, 0.29) is 23.6 Å². The van der Waals surface area contributed by atoms with Crippen LogP contribution in [0.25, 0.3) is 11.1 Å². The largest absolute Gasteiger partial charge is 0.465 e. The average molecular weight is 429 g/mol. The summed E-state index contributed by atoms with van der Waals surface area (Å²) in [4.78, 5) is 25.2. The van der Waals surface area contributed by atoms with E-state index in [1.54, 1.807) is 17.4 Å². The second-order valence-electron chi connectivity index (χ2n) is 6.67. The third kappa shape index (κ3) is 5.30. The van der Waals surface area contributed by atoms with Crippen LogP contribution in [0, 0.1) is 11.6 Å². The fraction of sp³-hybridized carbons (Fsp3) is 0.217. The Bertz CT molecular complexity index is 1030. The summed E-state index contributed by atoms with van der Waals surface area (Å²) >= 11 is 1.66. The predicted molar refractivity (Wildman–Crippen MR) is 112 cm³/mol. The maximum atomic E-state index is 14.6. The Labute approximate surface area is 177 Å². The summed E-state index contributed by atoms with van der Waals surface area (Å²) in [5, 5.41) is 4.72. The van der Waals surface area contributed by atoms with Gasteiger partial charge in [0.15, 0.2) is 0 Å². The van der Waals surface area contributed by atoms with Gasteiger partial charge in [0.2, 0.25) is 5.91 Å². The van der Waals surface area contributed by atoms with E-state index in [0.717, 1.165) is 26.0 Å². The number of nitrogens with one attached hydrogen (secondary N) is 1. The van der Waals surface area contributed by atoms with Crippen LogP contribution in [-0.4, -0.2) is 19.0 Å². The molecule has 1 heterocycles. The van der Waals surface area contributed by atoms with Crippen LogP contribution in [0.2, 0.25) is 0 Å². The molecule has 3 rings (SSSR count). The van der Waals surface area contributed by atoms with E-state index in [1.165, 1.54) is 29.1 Å². The van der Waals surface area contributed by atoms with Gasteiger partial charge in [0.25, 0.3) is 0 Å². The number of aryl methyl sites for hydroxylation is 1. The maximum absolute atomic E-state index is 14.6. The Hall–Kier alpha value is -3.06. The van der Waals surface area contributed by atoms with Crippen LogP contribution in [0.4, 0.5) is 8.78 Å². The Morgan fingerprint density at radius 3 is 2.60 bits per heavy atom. The fourth-order valence-corrected chi connectivity index (χ4v) is 3.84. The molecule has 2 aromatic carbocycles. The highest BCUT2D eigenvalue weighted by Gasteiger charge is 2.19. The van der Waals surface area contributed by atoms with Crippen molar-refractivity contribution in [2.75, 3.05) is 7.11 Å². The Balaban J connectivity index is 1.64. The third-order valence-electron chi connectivity index (χ3n) is 4.65. The van der Waals surface area contributed by atoms with E-state index in [1.807, 2.05) is 17.5 Å². The zero-order valence-electron chi connectivity index (χ0n) is 16.4. The zero-order chi connectivity index (χ0) is 21.5. The normalized spacial score (nSPS) is 10.6. The first-order valence-corrected chi connectivity index (χ1v) is 10.3. The van der Waals surface area contributed by atoms with Crippen molar-refractivity contribution in [1.29, 1.82) is 0 Å². The van der Waals surface area contributed by atoms with Crippen LogP contribution in [0.5, 0.6) is 0 Å². The molecule has 30 heavy (non-hydrogen) atoms. The molecule has 0 atom stereocenters. The molecule has 0 radical (unpaired) electrons. The Kier molecular flexibility index (Phi) is 7.30. The molecule has 1 amide bonds. The highest BCUT2D eigenvalue weighted by atomic mass is 32.1. The zero-order valence-corrected chi connectivity index (χ0v) is 17.2. The number of hydrogen-bond donors (Lipinski definition) is 1. The van der Waals surface area contributed by atoms with Gasteiger partial charge in [-0.2, -0.15) is 0 Å². The second kappa shape index (κ2) is 10.1. The molecule has 0 aliphatic rings. The number of thiophene rings is 1. The number of ether oxygens (including phenoxy) is 1. The van der Waals surface area contributed by atoms with E-state index in [0.29, 0.717) is 17.5 Å². The molecule has 0 aliphatic carbocycles. The van der Waals surface area contributed by atoms with E-state index in [9.17, 15) is 18.4 Å². The second-order valence-corrected chi connectivity index (χ2v) is 7.70. The van der Waals surface area contributed by atoms with Gasteiger partial charge in [-0.15, -0.1) is 11.3 Å². The molecule has 7 heteroatoms. The van der Waals surface area contributed by atoms with Gasteiger partial charge in [-0.25, -0.2) is 13.6 Å². The number of methoxy groups -OCH3 is 1. The maximum Gasteiger partial charge on any atom is 0.341 e. The molecule has 0 fully saturated rings. The van der Waals surface area contributed by atoms with Crippen molar-refractivity contribution in [3.63, 3.8) is 0 Å². The van der Waals surface area contributed by atoms with Crippen LogP contribution in [0.3, 0.4) is 0 Å². The predicted octanol–water partition coefficient (Wildman–Crippen LogP) is 5.12. The molecule has 156 valence electrons. The van der Waals surface area contributed by atoms with E-state index in [2.05, 4.69) is 10.1 Å². The van der Waals surface area contributed by atoms with Gasteiger partial charge in [0, 0.05) is 23.4 Å². The molecular formula is C23H21F2NO3S. The number of amides is 1. The average Bonchev–Trinajstić information content (AvgIpc) is 3.25. The third-order valence-corrected chi connectivity index (χ3v) is 5.59. The Morgan fingerprint density at radius 1 is 1.07 bits per heavy atom. The fourth-order valence-electron chi connectivity index (χ4n) is 3.09. The SMILES string of the molecule is COC(=O)c1c(F)cccc1-c1ccc(CNC(=O)CCCc2cccs2)c(F)c1. The monoisotopic (exact) mass is 429 g/mol. The van der Waals surface area contributed by atoms with Gasteiger partial charge in [-0.3, -0.25) is 4.79 Å². The van der Waals surface area contributed by atoms with Crippen molar-refractivity contribution in [1.82, 2.24) is 5.32 Å². The first kappa shape index (κ1) is 21.6. The lowest BCUT2D eigenvalue weighted by molar-refractivity contribution is -0.121. The first-order valence-electron chi connectivity index (χ1n) is 9.44. The summed E-state index contributed by atoms with van der Waals surface area (Å²) in [6.07, 6.45) is 1.93. The van der Waals surface area contributed by atoms with Gasteiger partial charge in [0.1, 0.15) is 17.2 Å². The number of halogens is 2. The van der Waals surface area contributed by atoms with Crippen molar-refractivity contribution in [3.8, 4) is 11.1 Å². The standard InChI is InChI=1S/C23H21F2NO3S/c1-29-23(28)22-18(7-3-8-19(22)24)15-10-11-16(20(25)13-15)14-26-21(27)9-2-5-17-6-4-12-30-17/h3-4,6-8,10-13H,2,5,9,14H2,1H3,(H,26,27). The summed E-state index contributed by atoms with van der Waals surface area (Å²) in [5.74, 6) is -2.26. The molecule has 0 saturated carbocycles. The van der Waals surface area contributed by atoms with Gasteiger partial charge in [0.05, 0.1) is 7.11 Å². The van der Waals surface area contributed by atoms with Gasteiger partial charge >= 0.3 is 5.97 Å². The minimum Gasteiger partial charge on any atom is -0.465 e. The molecule has 0 saturated heterocycles. The molecule has 0 bridgehead atoms. The summed E-state index contributed by atoms with van der Waals surface area (Å²) in [6.45, 7) is 0.0525. The number of carbonyl (C=O) groups is 2. The van der Waals surface area contributed by atoms with Crippen molar-refractivity contribution in [3.05, 3.63) is 81.5 Å². The molecule has 0 aliphatic heterocycles. The van der Waals surface area contributed by atoms with Crippen LogP contribution in [0.15, 0.2) is 53.9 Å². The molecule has 1 N–H and O–H groups in total. The van der Waals surface area contributed by atoms with Gasteiger partial charge in [-0.05, 0) is 47.5 Å². The molecule has 3 aromatic rings. The van der Waals surface area contributed by atoms with Crippen molar-refractivity contribution in [2.45, 2.75) is 25.8 Å². The minimum absolute atomic E-state index is 0.0525. The number of hydrogen-bond acceptors (Lipinski definition) is 4.